The van der Waals surface area contributed by atoms with Gasteiger partial charge in [-0.2, -0.15) is 5.10 Å². The van der Waals surface area contributed by atoms with Crippen LogP contribution in [-0.2, 0) is 7.05 Å². The van der Waals surface area contributed by atoms with E-state index in [0.717, 1.165) is 17.8 Å². The molecule has 0 aliphatic carbocycles. The molecule has 0 saturated heterocycles. The van der Waals surface area contributed by atoms with Gasteiger partial charge in [0, 0.05) is 43.2 Å². The number of rotatable bonds is 7. The molecule has 152 valence electrons. The Bertz CT molecular complexity index is 1010. The summed E-state index contributed by atoms with van der Waals surface area (Å²) in [7, 11) is 3.04. The van der Waals surface area contributed by atoms with Crippen molar-refractivity contribution in [2.45, 2.75) is 0 Å². The maximum Gasteiger partial charge on any atom is 0.261 e. The summed E-state index contributed by atoms with van der Waals surface area (Å²) in [5, 5.41) is 6.64. The number of nitrogens with zero attached hydrogens (tertiary/aromatic N) is 2. The van der Waals surface area contributed by atoms with E-state index in [0.29, 0.717) is 30.2 Å². The van der Waals surface area contributed by atoms with E-state index in [9.17, 15) is 13.6 Å². The smallest absolute Gasteiger partial charge is 0.261 e. The normalized spacial score (nSPS) is 10.7. The van der Waals surface area contributed by atoms with Crippen LogP contribution >= 0.6 is 0 Å². The van der Waals surface area contributed by atoms with Crippen molar-refractivity contribution in [1.82, 2.24) is 9.78 Å². The number of nitrogens with two attached hydrogens (primary N) is 1. The van der Waals surface area contributed by atoms with Crippen molar-refractivity contribution in [2.75, 3.05) is 25.6 Å². The van der Waals surface area contributed by atoms with Crippen molar-refractivity contribution in [2.24, 2.45) is 12.8 Å². The van der Waals surface area contributed by atoms with E-state index in [1.54, 1.807) is 42.2 Å². The number of ether oxygens (including phenoxy) is 2. The number of hydrogen-bond acceptors (Lipinski definition) is 5. The number of halogens is 2. The maximum atomic E-state index is 14.2. The van der Waals surface area contributed by atoms with Crippen LogP contribution in [0.1, 0.15) is 10.4 Å². The molecular formula is C20H20F2N4O3. The van der Waals surface area contributed by atoms with Crippen LogP contribution in [-0.4, -0.2) is 35.9 Å². The predicted octanol–water partition coefficient (Wildman–Crippen LogP) is 2.96. The van der Waals surface area contributed by atoms with Gasteiger partial charge in [0.05, 0.1) is 12.8 Å². The first-order valence-electron chi connectivity index (χ1n) is 8.74. The molecule has 7 nitrogen and oxygen atoms in total. The highest BCUT2D eigenvalue weighted by atomic mass is 19.1. The lowest BCUT2D eigenvalue weighted by Crippen LogP contribution is -2.16. The van der Waals surface area contributed by atoms with E-state index < -0.39 is 23.1 Å². The standard InChI is InChI=1S/C20H20F2N4O3/c1-26-17(5-7-24-26)14-9-12(3-4-18(14)29-8-6-23)25-20(27)19-15(21)10-13(28-2)11-16(19)22/h3-5,7,9-11H,6,8,23H2,1-2H3,(H,25,27). The second kappa shape index (κ2) is 8.70. The van der Waals surface area contributed by atoms with Crippen LogP contribution in [0.5, 0.6) is 11.5 Å². The van der Waals surface area contributed by atoms with E-state index in [-0.39, 0.29) is 5.75 Å². The molecule has 3 N–H and O–H groups in total. The fourth-order valence-corrected chi connectivity index (χ4v) is 2.82. The van der Waals surface area contributed by atoms with Crippen LogP contribution in [0, 0.1) is 11.6 Å². The van der Waals surface area contributed by atoms with Crippen molar-refractivity contribution in [3.8, 4) is 22.8 Å². The number of carbonyl (C=O) groups excluding carboxylic acids is 1. The van der Waals surface area contributed by atoms with Gasteiger partial charge in [0.2, 0.25) is 0 Å². The van der Waals surface area contributed by atoms with Crippen molar-refractivity contribution in [3.63, 3.8) is 0 Å². The zero-order valence-corrected chi connectivity index (χ0v) is 15.9. The first kappa shape index (κ1) is 20.3. The fourth-order valence-electron chi connectivity index (χ4n) is 2.82. The molecule has 0 fully saturated rings. The third kappa shape index (κ3) is 4.35. The van der Waals surface area contributed by atoms with E-state index >= 15 is 0 Å². The van der Waals surface area contributed by atoms with Gasteiger partial charge in [0.1, 0.15) is 35.3 Å². The summed E-state index contributed by atoms with van der Waals surface area (Å²) in [5.41, 5.74) is 6.52. The van der Waals surface area contributed by atoms with Gasteiger partial charge in [-0.1, -0.05) is 0 Å². The number of aromatic nitrogens is 2. The Morgan fingerprint density at radius 1 is 1.21 bits per heavy atom. The van der Waals surface area contributed by atoms with Crippen LogP contribution in [0.3, 0.4) is 0 Å². The predicted molar refractivity (Wildman–Crippen MR) is 104 cm³/mol. The minimum atomic E-state index is -1.02. The largest absolute Gasteiger partial charge is 0.497 e. The zero-order valence-electron chi connectivity index (χ0n) is 15.9. The Kier molecular flexibility index (Phi) is 6.08. The van der Waals surface area contributed by atoms with Crippen molar-refractivity contribution in [1.29, 1.82) is 0 Å². The molecule has 0 saturated carbocycles. The summed E-state index contributed by atoms with van der Waals surface area (Å²) in [6, 6.07) is 8.53. The van der Waals surface area contributed by atoms with E-state index in [4.69, 9.17) is 15.2 Å². The van der Waals surface area contributed by atoms with Crippen molar-refractivity contribution in [3.05, 3.63) is 59.8 Å². The second-order valence-corrected chi connectivity index (χ2v) is 6.11. The molecule has 0 aliphatic heterocycles. The Hall–Kier alpha value is -3.46. The number of methoxy groups -OCH3 is 1. The van der Waals surface area contributed by atoms with Crippen LogP contribution in [0.4, 0.5) is 14.5 Å². The highest BCUT2D eigenvalue weighted by Crippen LogP contribution is 2.33. The molecule has 3 aromatic rings. The molecule has 0 bridgehead atoms. The number of hydrogen-bond donors (Lipinski definition) is 2. The van der Waals surface area contributed by atoms with E-state index in [2.05, 4.69) is 10.4 Å². The number of aryl methyl sites for hydroxylation is 1. The Balaban J connectivity index is 1.94. The lowest BCUT2D eigenvalue weighted by molar-refractivity contribution is 0.101. The van der Waals surface area contributed by atoms with E-state index in [1.165, 1.54) is 7.11 Å². The SMILES string of the molecule is COc1cc(F)c(C(=O)Nc2ccc(OCCN)c(-c3ccnn3C)c2)c(F)c1. The van der Waals surface area contributed by atoms with Crippen molar-refractivity contribution < 1.29 is 23.0 Å². The summed E-state index contributed by atoms with van der Waals surface area (Å²) in [6.45, 7) is 0.637. The van der Waals surface area contributed by atoms with Gasteiger partial charge in [0.25, 0.3) is 5.91 Å². The molecule has 0 spiro atoms. The first-order chi connectivity index (χ1) is 13.9. The lowest BCUT2D eigenvalue weighted by atomic mass is 10.1. The second-order valence-electron chi connectivity index (χ2n) is 6.11. The van der Waals surface area contributed by atoms with Gasteiger partial charge >= 0.3 is 0 Å². The van der Waals surface area contributed by atoms with Crippen molar-refractivity contribution >= 4 is 11.6 Å². The number of anilines is 1. The number of amides is 1. The van der Waals surface area contributed by atoms with Crippen LogP contribution < -0.4 is 20.5 Å². The number of nitrogens with one attached hydrogen (secondary N) is 1. The third-order valence-electron chi connectivity index (χ3n) is 4.19. The molecule has 9 heteroatoms. The van der Waals surface area contributed by atoms with Crippen LogP contribution in [0.2, 0.25) is 0 Å². The minimum absolute atomic E-state index is 0.0172. The molecule has 3 rings (SSSR count). The summed E-state index contributed by atoms with van der Waals surface area (Å²) in [5.74, 6) is -2.44. The van der Waals surface area contributed by atoms with Gasteiger partial charge < -0.3 is 20.5 Å². The molecule has 0 aliphatic rings. The topological polar surface area (TPSA) is 91.4 Å². The molecule has 1 aromatic heterocycles. The Labute approximate surface area is 166 Å². The Morgan fingerprint density at radius 2 is 1.93 bits per heavy atom. The number of carbonyl (C=O) groups is 1. The molecule has 1 heterocycles. The molecular weight excluding hydrogens is 382 g/mol. The van der Waals surface area contributed by atoms with Crippen LogP contribution in [0.25, 0.3) is 11.3 Å². The molecule has 2 aromatic carbocycles. The maximum absolute atomic E-state index is 14.2. The quantitative estimate of drug-likeness (QED) is 0.634. The summed E-state index contributed by atoms with van der Waals surface area (Å²) < 4.78 is 40.5. The molecule has 1 amide bonds. The molecule has 0 atom stereocenters. The van der Waals surface area contributed by atoms with Gasteiger partial charge in [-0.15, -0.1) is 0 Å². The third-order valence-corrected chi connectivity index (χ3v) is 4.19. The highest BCUT2D eigenvalue weighted by molar-refractivity contribution is 6.05. The summed E-state index contributed by atoms with van der Waals surface area (Å²) in [6.07, 6.45) is 1.62. The number of benzene rings is 2. The zero-order chi connectivity index (χ0) is 21.0. The summed E-state index contributed by atoms with van der Waals surface area (Å²) in [4.78, 5) is 12.5. The lowest BCUT2D eigenvalue weighted by Gasteiger charge is -2.14. The van der Waals surface area contributed by atoms with Gasteiger partial charge in [-0.3, -0.25) is 9.48 Å². The average Bonchev–Trinajstić information content (AvgIpc) is 3.12. The van der Waals surface area contributed by atoms with Gasteiger partial charge in [-0.25, -0.2) is 8.78 Å². The van der Waals surface area contributed by atoms with E-state index in [1.807, 2.05) is 0 Å². The first-order valence-corrected chi connectivity index (χ1v) is 8.74. The monoisotopic (exact) mass is 402 g/mol. The average molecular weight is 402 g/mol. The van der Waals surface area contributed by atoms with Crippen LogP contribution in [0.15, 0.2) is 42.6 Å². The molecule has 0 radical (unpaired) electrons. The molecule has 29 heavy (non-hydrogen) atoms. The van der Waals surface area contributed by atoms with Gasteiger partial charge in [-0.05, 0) is 24.3 Å². The minimum Gasteiger partial charge on any atom is -0.497 e. The highest BCUT2D eigenvalue weighted by Gasteiger charge is 2.20. The Morgan fingerprint density at radius 3 is 2.52 bits per heavy atom. The molecule has 0 unspecified atom stereocenters. The van der Waals surface area contributed by atoms with Gasteiger partial charge in [0.15, 0.2) is 0 Å². The fraction of sp³-hybridized carbons (Fsp3) is 0.200. The summed E-state index contributed by atoms with van der Waals surface area (Å²) >= 11 is 0.